The molecule has 0 spiro atoms. The first-order valence-corrected chi connectivity index (χ1v) is 8.53. The molecule has 1 fully saturated rings. The van der Waals surface area contributed by atoms with Crippen LogP contribution < -0.4 is 0 Å². The Kier molecular flexibility index (Phi) is 5.11. The Labute approximate surface area is 147 Å². The van der Waals surface area contributed by atoms with E-state index >= 15 is 0 Å². The molecule has 1 saturated heterocycles. The SMILES string of the molecule is Cc1cc(CC(=O)N2CCCN(C(=O)c3cnccn3)CC2)c(C)[nH]1. The molecule has 0 bridgehead atoms. The highest BCUT2D eigenvalue weighted by atomic mass is 16.2. The molecule has 3 heterocycles. The van der Waals surface area contributed by atoms with Crippen LogP contribution in [0.4, 0.5) is 0 Å². The minimum absolute atomic E-state index is 0.107. The van der Waals surface area contributed by atoms with Gasteiger partial charge >= 0.3 is 0 Å². The Morgan fingerprint density at radius 1 is 1.12 bits per heavy atom. The molecule has 25 heavy (non-hydrogen) atoms. The largest absolute Gasteiger partial charge is 0.362 e. The van der Waals surface area contributed by atoms with Gasteiger partial charge in [-0.2, -0.15) is 0 Å². The van der Waals surface area contributed by atoms with Crippen molar-refractivity contribution in [3.63, 3.8) is 0 Å². The maximum absolute atomic E-state index is 12.6. The molecule has 1 aliphatic rings. The number of hydrogen-bond acceptors (Lipinski definition) is 4. The zero-order valence-electron chi connectivity index (χ0n) is 14.7. The van der Waals surface area contributed by atoms with Crippen molar-refractivity contribution in [3.8, 4) is 0 Å². The van der Waals surface area contributed by atoms with Gasteiger partial charge in [0.25, 0.3) is 5.91 Å². The highest BCUT2D eigenvalue weighted by Gasteiger charge is 2.24. The standard InChI is InChI=1S/C18H23N5O2/c1-13-10-15(14(2)21-13)11-17(24)22-6-3-7-23(9-8-22)18(25)16-12-19-4-5-20-16/h4-5,10,12,21H,3,6-9,11H2,1-2H3. The lowest BCUT2D eigenvalue weighted by Gasteiger charge is -2.22. The maximum Gasteiger partial charge on any atom is 0.274 e. The molecule has 2 aromatic rings. The van der Waals surface area contributed by atoms with E-state index in [2.05, 4.69) is 15.0 Å². The molecule has 7 nitrogen and oxygen atoms in total. The molecule has 2 amide bonds. The van der Waals surface area contributed by atoms with Crippen molar-refractivity contribution in [2.75, 3.05) is 26.2 Å². The fourth-order valence-electron chi connectivity index (χ4n) is 3.18. The van der Waals surface area contributed by atoms with Gasteiger partial charge in [-0.15, -0.1) is 0 Å². The molecule has 0 aliphatic carbocycles. The van der Waals surface area contributed by atoms with Gasteiger partial charge in [0.15, 0.2) is 0 Å². The van der Waals surface area contributed by atoms with Crippen LogP contribution in [0.1, 0.15) is 33.9 Å². The van der Waals surface area contributed by atoms with Gasteiger partial charge in [0.2, 0.25) is 5.91 Å². The van der Waals surface area contributed by atoms with Crippen molar-refractivity contribution in [2.24, 2.45) is 0 Å². The number of aryl methyl sites for hydroxylation is 2. The number of amides is 2. The van der Waals surface area contributed by atoms with Crippen LogP contribution in [0.2, 0.25) is 0 Å². The number of nitrogens with one attached hydrogen (secondary N) is 1. The average molecular weight is 341 g/mol. The molecule has 0 aromatic carbocycles. The number of carbonyl (C=O) groups is 2. The van der Waals surface area contributed by atoms with Crippen molar-refractivity contribution >= 4 is 11.8 Å². The van der Waals surface area contributed by atoms with E-state index in [1.54, 1.807) is 11.1 Å². The van der Waals surface area contributed by atoms with Crippen LogP contribution in [0.15, 0.2) is 24.7 Å². The molecular formula is C18H23N5O2. The number of hydrogen-bond donors (Lipinski definition) is 1. The van der Waals surface area contributed by atoms with Crippen molar-refractivity contribution < 1.29 is 9.59 Å². The summed E-state index contributed by atoms with van der Waals surface area (Å²) in [6.07, 6.45) is 5.71. The Balaban J connectivity index is 1.60. The fourth-order valence-corrected chi connectivity index (χ4v) is 3.18. The molecule has 0 saturated carbocycles. The zero-order valence-corrected chi connectivity index (χ0v) is 14.7. The molecule has 0 unspecified atom stereocenters. The van der Waals surface area contributed by atoms with Crippen LogP contribution in [-0.4, -0.2) is 62.7 Å². The van der Waals surface area contributed by atoms with E-state index in [1.165, 1.54) is 12.4 Å². The van der Waals surface area contributed by atoms with E-state index in [4.69, 9.17) is 0 Å². The van der Waals surface area contributed by atoms with Crippen molar-refractivity contribution in [3.05, 3.63) is 47.3 Å². The topological polar surface area (TPSA) is 82.2 Å². The molecular weight excluding hydrogens is 318 g/mol. The summed E-state index contributed by atoms with van der Waals surface area (Å²) in [7, 11) is 0. The summed E-state index contributed by atoms with van der Waals surface area (Å²) in [4.78, 5) is 40.0. The lowest BCUT2D eigenvalue weighted by Crippen LogP contribution is -2.38. The third-order valence-corrected chi connectivity index (χ3v) is 4.52. The lowest BCUT2D eigenvalue weighted by molar-refractivity contribution is -0.130. The second-order valence-electron chi connectivity index (χ2n) is 6.40. The molecule has 1 N–H and O–H groups in total. The number of aromatic nitrogens is 3. The van der Waals surface area contributed by atoms with Crippen molar-refractivity contribution in [1.29, 1.82) is 0 Å². The minimum atomic E-state index is -0.125. The van der Waals surface area contributed by atoms with Crippen LogP contribution in [0.3, 0.4) is 0 Å². The average Bonchev–Trinajstić information content (AvgIpc) is 2.81. The summed E-state index contributed by atoms with van der Waals surface area (Å²) >= 11 is 0. The van der Waals surface area contributed by atoms with Gasteiger partial charge in [-0.3, -0.25) is 14.6 Å². The van der Waals surface area contributed by atoms with Crippen LogP contribution in [0, 0.1) is 13.8 Å². The quantitative estimate of drug-likeness (QED) is 0.913. The van der Waals surface area contributed by atoms with Crippen LogP contribution >= 0.6 is 0 Å². The summed E-state index contributed by atoms with van der Waals surface area (Å²) in [5.41, 5.74) is 3.50. The molecule has 7 heteroatoms. The third-order valence-electron chi connectivity index (χ3n) is 4.52. The van der Waals surface area contributed by atoms with Crippen LogP contribution in [-0.2, 0) is 11.2 Å². The maximum atomic E-state index is 12.6. The second kappa shape index (κ2) is 7.46. The van der Waals surface area contributed by atoms with Crippen molar-refractivity contribution in [1.82, 2.24) is 24.8 Å². The predicted molar refractivity (Wildman–Crippen MR) is 93.1 cm³/mol. The van der Waals surface area contributed by atoms with Crippen LogP contribution in [0.25, 0.3) is 0 Å². The Bertz CT molecular complexity index is 756. The monoisotopic (exact) mass is 341 g/mol. The van der Waals surface area contributed by atoms with Gasteiger partial charge in [-0.1, -0.05) is 0 Å². The Morgan fingerprint density at radius 2 is 1.88 bits per heavy atom. The number of nitrogens with zero attached hydrogens (tertiary/aromatic N) is 4. The Hall–Kier alpha value is -2.70. The molecule has 3 rings (SSSR count). The summed E-state index contributed by atoms with van der Waals surface area (Å²) in [5.74, 6) is -0.0181. The van der Waals surface area contributed by atoms with E-state index in [0.717, 1.165) is 23.4 Å². The van der Waals surface area contributed by atoms with Gasteiger partial charge in [0, 0.05) is 50.0 Å². The number of rotatable bonds is 3. The summed E-state index contributed by atoms with van der Waals surface area (Å²) < 4.78 is 0. The summed E-state index contributed by atoms with van der Waals surface area (Å²) in [6.45, 7) is 6.34. The van der Waals surface area contributed by atoms with Gasteiger partial charge in [-0.25, -0.2) is 4.98 Å². The third kappa shape index (κ3) is 4.04. The van der Waals surface area contributed by atoms with E-state index < -0.39 is 0 Å². The molecule has 2 aromatic heterocycles. The molecule has 1 aliphatic heterocycles. The second-order valence-corrected chi connectivity index (χ2v) is 6.40. The first-order chi connectivity index (χ1) is 12.0. The highest BCUT2D eigenvalue weighted by Crippen LogP contribution is 2.13. The minimum Gasteiger partial charge on any atom is -0.362 e. The van der Waals surface area contributed by atoms with Crippen LogP contribution in [0.5, 0.6) is 0 Å². The number of aromatic amines is 1. The predicted octanol–water partition coefficient (Wildman–Crippen LogP) is 1.34. The smallest absolute Gasteiger partial charge is 0.274 e. The first-order valence-electron chi connectivity index (χ1n) is 8.53. The van der Waals surface area contributed by atoms with Gasteiger partial charge in [0.05, 0.1) is 12.6 Å². The molecule has 132 valence electrons. The Morgan fingerprint density at radius 3 is 2.56 bits per heavy atom. The summed E-state index contributed by atoms with van der Waals surface area (Å²) in [5, 5.41) is 0. The molecule has 0 atom stereocenters. The van der Waals surface area contributed by atoms with Gasteiger partial charge < -0.3 is 14.8 Å². The van der Waals surface area contributed by atoms with E-state index in [9.17, 15) is 9.59 Å². The zero-order chi connectivity index (χ0) is 17.8. The summed E-state index contributed by atoms with van der Waals surface area (Å²) in [6, 6.07) is 2.02. The normalized spacial score (nSPS) is 15.1. The first kappa shape index (κ1) is 17.1. The molecule has 0 radical (unpaired) electrons. The van der Waals surface area contributed by atoms with E-state index in [1.807, 2.05) is 24.8 Å². The highest BCUT2D eigenvalue weighted by molar-refractivity contribution is 5.92. The van der Waals surface area contributed by atoms with E-state index in [0.29, 0.717) is 38.3 Å². The fraction of sp³-hybridized carbons (Fsp3) is 0.444. The van der Waals surface area contributed by atoms with E-state index in [-0.39, 0.29) is 11.8 Å². The number of carbonyl (C=O) groups excluding carboxylic acids is 2. The lowest BCUT2D eigenvalue weighted by atomic mass is 10.1. The van der Waals surface area contributed by atoms with Crippen molar-refractivity contribution in [2.45, 2.75) is 26.7 Å². The van der Waals surface area contributed by atoms with Gasteiger partial charge in [0.1, 0.15) is 5.69 Å². The van der Waals surface area contributed by atoms with Gasteiger partial charge in [-0.05, 0) is 31.9 Å². The number of H-pyrrole nitrogens is 1.